The van der Waals surface area contributed by atoms with Crippen LogP contribution in [0.4, 0.5) is 11.5 Å². The van der Waals surface area contributed by atoms with Crippen LogP contribution in [0, 0.1) is 6.92 Å². The molecule has 33 heavy (non-hydrogen) atoms. The van der Waals surface area contributed by atoms with Crippen molar-refractivity contribution in [2.75, 3.05) is 18.5 Å². The Kier molecular flexibility index (Phi) is 6.39. The van der Waals surface area contributed by atoms with E-state index in [1.54, 1.807) is 6.20 Å². The summed E-state index contributed by atoms with van der Waals surface area (Å²) >= 11 is 1.33. The summed E-state index contributed by atoms with van der Waals surface area (Å²) in [5.74, 6) is 0.924. The number of aromatic nitrogens is 3. The number of carbonyl (C=O) groups excluding carboxylic acids is 1. The minimum Gasteiger partial charge on any atom is -0.473 e. The molecule has 0 radical (unpaired) electrons. The van der Waals surface area contributed by atoms with Crippen molar-refractivity contribution in [2.24, 2.45) is 0 Å². The van der Waals surface area contributed by atoms with Gasteiger partial charge in [-0.1, -0.05) is 0 Å². The number of amides is 1. The molecule has 5 rings (SSSR count). The van der Waals surface area contributed by atoms with Gasteiger partial charge >= 0.3 is 0 Å². The zero-order chi connectivity index (χ0) is 22.8. The van der Waals surface area contributed by atoms with E-state index in [2.05, 4.69) is 25.6 Å². The summed E-state index contributed by atoms with van der Waals surface area (Å²) in [6.45, 7) is 3.27. The molecule has 3 aromatic rings. The van der Waals surface area contributed by atoms with E-state index in [0.29, 0.717) is 35.5 Å². The number of rotatable bonds is 6. The number of ether oxygens (including phenoxy) is 2. The monoisotopic (exact) mass is 469 g/mol. The molecule has 1 aliphatic carbocycles. The summed E-state index contributed by atoms with van der Waals surface area (Å²) in [6, 6.07) is 3.53. The van der Waals surface area contributed by atoms with Crippen LogP contribution in [-0.4, -0.2) is 57.4 Å². The third kappa shape index (κ3) is 4.64. The van der Waals surface area contributed by atoms with Gasteiger partial charge in [0, 0.05) is 19.0 Å². The van der Waals surface area contributed by atoms with Crippen LogP contribution in [0.2, 0.25) is 0 Å². The number of fused-ring (bicyclic) bond motifs is 1. The highest BCUT2D eigenvalue weighted by atomic mass is 32.1. The zero-order valence-electron chi connectivity index (χ0n) is 18.4. The molecule has 9 nitrogen and oxygen atoms in total. The number of thiophene rings is 1. The Bertz CT molecular complexity index is 1150. The number of hydrogen-bond acceptors (Lipinski definition) is 9. The van der Waals surface area contributed by atoms with Crippen LogP contribution in [0.25, 0.3) is 10.2 Å². The fourth-order valence-corrected chi connectivity index (χ4v) is 5.44. The van der Waals surface area contributed by atoms with Crippen molar-refractivity contribution in [2.45, 2.75) is 57.3 Å². The summed E-state index contributed by atoms with van der Waals surface area (Å²) in [4.78, 5) is 27.5. The Morgan fingerprint density at radius 3 is 2.85 bits per heavy atom. The first-order valence-electron chi connectivity index (χ1n) is 11.3. The molecule has 2 unspecified atom stereocenters. The van der Waals surface area contributed by atoms with E-state index in [9.17, 15) is 9.90 Å². The molecule has 2 atom stereocenters. The first-order chi connectivity index (χ1) is 16.1. The number of carbonyl (C=O) groups is 1. The molecular weight excluding hydrogens is 442 g/mol. The standard InChI is InChI=1S/C23H27N5O4S/c1-13-18-20(27-16-5-3-9-24-22(16)32-14-7-10-31-11-8-14)25-12-26-23(18)33-19(13)21(30)28-15-4-2-6-17(15)29/h3,5,9,12,14-15,17,29H,2,4,6-8,10-11H2,1H3,(H,28,30)(H,25,26,27). The Labute approximate surface area is 195 Å². The third-order valence-electron chi connectivity index (χ3n) is 6.20. The predicted octanol–water partition coefficient (Wildman–Crippen LogP) is 3.34. The number of aliphatic hydroxyl groups is 1. The summed E-state index contributed by atoms with van der Waals surface area (Å²) in [6.07, 6.45) is 6.84. The normalized spacial score (nSPS) is 21.3. The molecule has 2 aliphatic rings. The van der Waals surface area contributed by atoms with Crippen molar-refractivity contribution in [3.8, 4) is 5.88 Å². The van der Waals surface area contributed by atoms with Crippen molar-refractivity contribution >= 4 is 39.0 Å². The molecule has 174 valence electrons. The average Bonchev–Trinajstić information content (AvgIpc) is 3.39. The van der Waals surface area contributed by atoms with Crippen molar-refractivity contribution < 1.29 is 19.4 Å². The van der Waals surface area contributed by atoms with Crippen LogP contribution in [-0.2, 0) is 4.74 Å². The highest BCUT2D eigenvalue weighted by molar-refractivity contribution is 7.20. The van der Waals surface area contributed by atoms with Gasteiger partial charge in [-0.05, 0) is 43.9 Å². The van der Waals surface area contributed by atoms with Crippen molar-refractivity contribution in [3.05, 3.63) is 35.1 Å². The summed E-state index contributed by atoms with van der Waals surface area (Å²) in [5, 5.41) is 17.2. The van der Waals surface area contributed by atoms with Gasteiger partial charge in [-0.15, -0.1) is 11.3 Å². The van der Waals surface area contributed by atoms with Gasteiger partial charge in [-0.25, -0.2) is 15.0 Å². The number of pyridine rings is 1. The number of aliphatic hydroxyl groups excluding tert-OH is 1. The van der Waals surface area contributed by atoms with Gasteiger partial charge in [0.25, 0.3) is 5.91 Å². The van der Waals surface area contributed by atoms with Crippen molar-refractivity contribution in [1.82, 2.24) is 20.3 Å². The molecule has 4 heterocycles. The molecule has 0 aromatic carbocycles. The molecule has 1 saturated heterocycles. The van der Waals surface area contributed by atoms with Crippen LogP contribution in [0.1, 0.15) is 47.3 Å². The van der Waals surface area contributed by atoms with Crippen molar-refractivity contribution in [1.29, 1.82) is 0 Å². The second-order valence-electron chi connectivity index (χ2n) is 8.45. The quantitative estimate of drug-likeness (QED) is 0.503. The molecule has 1 saturated carbocycles. The van der Waals surface area contributed by atoms with E-state index in [0.717, 1.165) is 47.9 Å². The lowest BCUT2D eigenvalue weighted by atomic mass is 10.1. The molecule has 2 fully saturated rings. The molecular formula is C23H27N5O4S. The first kappa shape index (κ1) is 22.0. The number of nitrogens with one attached hydrogen (secondary N) is 2. The zero-order valence-corrected chi connectivity index (χ0v) is 19.2. The Morgan fingerprint density at radius 1 is 1.21 bits per heavy atom. The van der Waals surface area contributed by atoms with Gasteiger partial charge in [0.15, 0.2) is 0 Å². The number of nitrogens with zero attached hydrogens (tertiary/aromatic N) is 3. The molecule has 0 spiro atoms. The van der Waals surface area contributed by atoms with Gasteiger partial charge in [0.05, 0.1) is 35.6 Å². The van der Waals surface area contributed by atoms with Gasteiger partial charge in [-0.2, -0.15) is 0 Å². The second-order valence-corrected chi connectivity index (χ2v) is 9.45. The van der Waals surface area contributed by atoms with E-state index in [4.69, 9.17) is 9.47 Å². The maximum absolute atomic E-state index is 13.0. The van der Waals surface area contributed by atoms with E-state index in [1.165, 1.54) is 17.7 Å². The lowest BCUT2D eigenvalue weighted by Gasteiger charge is -2.23. The maximum Gasteiger partial charge on any atom is 0.262 e. The molecule has 0 bridgehead atoms. The van der Waals surface area contributed by atoms with E-state index in [1.807, 2.05) is 19.1 Å². The van der Waals surface area contributed by atoms with Crippen LogP contribution < -0.4 is 15.4 Å². The van der Waals surface area contributed by atoms with Gasteiger partial charge in [-0.3, -0.25) is 4.79 Å². The Balaban J connectivity index is 1.41. The van der Waals surface area contributed by atoms with Crippen LogP contribution >= 0.6 is 11.3 Å². The average molecular weight is 470 g/mol. The molecule has 3 N–H and O–H groups in total. The van der Waals surface area contributed by atoms with Crippen LogP contribution in [0.15, 0.2) is 24.7 Å². The molecule has 10 heteroatoms. The van der Waals surface area contributed by atoms with Crippen LogP contribution in [0.3, 0.4) is 0 Å². The number of anilines is 2. The molecule has 3 aromatic heterocycles. The SMILES string of the molecule is Cc1c(C(=O)NC2CCCC2O)sc2ncnc(Nc3cccnc3OC3CCOCC3)c12. The topological polar surface area (TPSA) is 118 Å². The minimum absolute atomic E-state index is 0.0590. The second kappa shape index (κ2) is 9.58. The number of aryl methyl sites for hydroxylation is 1. The molecule has 1 aliphatic heterocycles. The lowest BCUT2D eigenvalue weighted by Crippen LogP contribution is -2.39. The fraction of sp³-hybridized carbons (Fsp3) is 0.478. The highest BCUT2D eigenvalue weighted by Crippen LogP contribution is 2.36. The van der Waals surface area contributed by atoms with E-state index in [-0.39, 0.29) is 18.1 Å². The Hall–Kier alpha value is -2.82. The van der Waals surface area contributed by atoms with Crippen LogP contribution in [0.5, 0.6) is 5.88 Å². The maximum atomic E-state index is 13.0. The van der Waals surface area contributed by atoms with E-state index >= 15 is 0 Å². The predicted molar refractivity (Wildman–Crippen MR) is 125 cm³/mol. The van der Waals surface area contributed by atoms with Gasteiger partial charge in [0.1, 0.15) is 28.8 Å². The number of hydrogen-bond donors (Lipinski definition) is 3. The smallest absolute Gasteiger partial charge is 0.262 e. The lowest BCUT2D eigenvalue weighted by molar-refractivity contribution is 0.0240. The minimum atomic E-state index is -0.486. The van der Waals surface area contributed by atoms with Gasteiger partial charge in [0.2, 0.25) is 5.88 Å². The van der Waals surface area contributed by atoms with Crippen molar-refractivity contribution in [3.63, 3.8) is 0 Å². The van der Waals surface area contributed by atoms with Gasteiger partial charge < -0.3 is 25.2 Å². The highest BCUT2D eigenvalue weighted by Gasteiger charge is 2.29. The Morgan fingerprint density at radius 2 is 2.06 bits per heavy atom. The third-order valence-corrected chi connectivity index (χ3v) is 7.40. The summed E-state index contributed by atoms with van der Waals surface area (Å²) in [7, 11) is 0. The molecule has 1 amide bonds. The fourth-order valence-electron chi connectivity index (χ4n) is 4.38. The summed E-state index contributed by atoms with van der Waals surface area (Å²) in [5.41, 5.74) is 1.51. The van der Waals surface area contributed by atoms with E-state index < -0.39 is 6.10 Å². The first-order valence-corrected chi connectivity index (χ1v) is 12.1. The summed E-state index contributed by atoms with van der Waals surface area (Å²) < 4.78 is 11.6. The largest absolute Gasteiger partial charge is 0.473 e.